The van der Waals surface area contributed by atoms with Gasteiger partial charge in [-0.25, -0.2) is 0 Å². The summed E-state index contributed by atoms with van der Waals surface area (Å²) in [5.41, 5.74) is 0.875. The molecule has 1 aromatic rings. The van der Waals surface area contributed by atoms with Gasteiger partial charge in [-0.15, -0.1) is 0 Å². The van der Waals surface area contributed by atoms with Crippen molar-refractivity contribution in [3.05, 3.63) is 18.2 Å². The van der Waals surface area contributed by atoms with Crippen LogP contribution in [0.1, 0.15) is 34.1 Å². The summed E-state index contributed by atoms with van der Waals surface area (Å²) in [5.74, 6) is 1.16. The summed E-state index contributed by atoms with van der Waals surface area (Å²) in [4.78, 5) is 11.4. The standard InChI is InChI=1S/C16H25NO4/c1-6-20-16(18)9-12(4)17-13-7-8-14(21-11(2)3)15(10-13)19-5/h7-8,10-12,17H,6,9H2,1-5H3. The van der Waals surface area contributed by atoms with Gasteiger partial charge in [0.25, 0.3) is 0 Å². The van der Waals surface area contributed by atoms with Gasteiger partial charge in [0.2, 0.25) is 0 Å². The topological polar surface area (TPSA) is 56.8 Å². The van der Waals surface area contributed by atoms with Crippen molar-refractivity contribution in [2.45, 2.75) is 46.3 Å². The van der Waals surface area contributed by atoms with Gasteiger partial charge in [0.15, 0.2) is 11.5 Å². The minimum absolute atomic E-state index is 0.0226. The Morgan fingerprint density at radius 1 is 1.24 bits per heavy atom. The number of benzene rings is 1. The van der Waals surface area contributed by atoms with E-state index in [1.54, 1.807) is 14.0 Å². The van der Waals surface area contributed by atoms with Crippen molar-refractivity contribution < 1.29 is 19.0 Å². The molecular weight excluding hydrogens is 270 g/mol. The second kappa shape index (κ2) is 8.39. The van der Waals surface area contributed by atoms with Crippen molar-refractivity contribution in [1.82, 2.24) is 0 Å². The smallest absolute Gasteiger partial charge is 0.307 e. The zero-order valence-corrected chi connectivity index (χ0v) is 13.4. The highest BCUT2D eigenvalue weighted by Gasteiger charge is 2.12. The molecule has 0 fully saturated rings. The molecule has 21 heavy (non-hydrogen) atoms. The number of hydrogen-bond acceptors (Lipinski definition) is 5. The third kappa shape index (κ3) is 5.94. The molecule has 0 spiro atoms. The molecule has 0 saturated heterocycles. The quantitative estimate of drug-likeness (QED) is 0.746. The zero-order valence-electron chi connectivity index (χ0n) is 13.4. The third-order valence-corrected chi connectivity index (χ3v) is 2.72. The number of carbonyl (C=O) groups is 1. The van der Waals surface area contributed by atoms with E-state index in [0.29, 0.717) is 24.5 Å². The second-order valence-electron chi connectivity index (χ2n) is 5.09. The lowest BCUT2D eigenvalue weighted by molar-refractivity contribution is -0.143. The molecular formula is C16H25NO4. The van der Waals surface area contributed by atoms with E-state index in [1.165, 1.54) is 0 Å². The average molecular weight is 295 g/mol. The fourth-order valence-corrected chi connectivity index (χ4v) is 1.91. The Morgan fingerprint density at radius 2 is 1.95 bits per heavy atom. The van der Waals surface area contributed by atoms with Gasteiger partial charge in [0, 0.05) is 17.8 Å². The lowest BCUT2D eigenvalue weighted by Crippen LogP contribution is -2.21. The number of rotatable bonds is 8. The van der Waals surface area contributed by atoms with E-state index in [-0.39, 0.29) is 18.1 Å². The molecule has 5 heteroatoms. The molecule has 118 valence electrons. The largest absolute Gasteiger partial charge is 0.493 e. The van der Waals surface area contributed by atoms with E-state index in [0.717, 1.165) is 5.69 Å². The molecule has 0 aromatic heterocycles. The van der Waals surface area contributed by atoms with Crippen LogP contribution in [0.3, 0.4) is 0 Å². The molecule has 0 aliphatic heterocycles. The highest BCUT2D eigenvalue weighted by molar-refractivity contribution is 5.70. The van der Waals surface area contributed by atoms with Crippen molar-refractivity contribution in [1.29, 1.82) is 0 Å². The van der Waals surface area contributed by atoms with Crippen LogP contribution in [-0.2, 0) is 9.53 Å². The zero-order chi connectivity index (χ0) is 15.8. The Kier molecular flexibility index (Phi) is 6.85. The fraction of sp³-hybridized carbons (Fsp3) is 0.562. The van der Waals surface area contributed by atoms with E-state index >= 15 is 0 Å². The van der Waals surface area contributed by atoms with Gasteiger partial charge in [-0.3, -0.25) is 4.79 Å². The third-order valence-electron chi connectivity index (χ3n) is 2.72. The van der Waals surface area contributed by atoms with Crippen LogP contribution in [0.15, 0.2) is 18.2 Å². The maximum Gasteiger partial charge on any atom is 0.307 e. The number of anilines is 1. The number of hydrogen-bond donors (Lipinski definition) is 1. The van der Waals surface area contributed by atoms with Crippen LogP contribution in [0.5, 0.6) is 11.5 Å². The number of nitrogens with one attached hydrogen (secondary N) is 1. The van der Waals surface area contributed by atoms with Crippen LogP contribution in [0.2, 0.25) is 0 Å². The lowest BCUT2D eigenvalue weighted by Gasteiger charge is -2.17. The fourth-order valence-electron chi connectivity index (χ4n) is 1.91. The predicted molar refractivity (Wildman–Crippen MR) is 83.1 cm³/mol. The molecule has 0 radical (unpaired) electrons. The van der Waals surface area contributed by atoms with Gasteiger partial charge >= 0.3 is 5.97 Å². The number of carbonyl (C=O) groups excluding carboxylic acids is 1. The normalized spacial score (nSPS) is 11.9. The maximum atomic E-state index is 11.4. The summed E-state index contributed by atoms with van der Waals surface area (Å²) < 4.78 is 15.9. The van der Waals surface area contributed by atoms with Crippen LogP contribution < -0.4 is 14.8 Å². The molecule has 0 saturated carbocycles. The highest BCUT2D eigenvalue weighted by Crippen LogP contribution is 2.31. The van der Waals surface area contributed by atoms with Gasteiger partial charge in [0.1, 0.15) is 0 Å². The second-order valence-corrected chi connectivity index (χ2v) is 5.09. The Bertz CT molecular complexity index is 460. The van der Waals surface area contributed by atoms with Crippen LogP contribution in [-0.4, -0.2) is 31.8 Å². The monoisotopic (exact) mass is 295 g/mol. The molecule has 1 unspecified atom stereocenters. The van der Waals surface area contributed by atoms with Crippen molar-refractivity contribution in [3.8, 4) is 11.5 Å². The minimum Gasteiger partial charge on any atom is -0.493 e. The molecule has 0 aliphatic carbocycles. The van der Waals surface area contributed by atoms with E-state index in [2.05, 4.69) is 5.32 Å². The summed E-state index contributed by atoms with van der Waals surface area (Å²) in [6.07, 6.45) is 0.404. The first-order valence-electron chi connectivity index (χ1n) is 7.23. The van der Waals surface area contributed by atoms with Gasteiger partial charge in [-0.05, 0) is 39.8 Å². The SMILES string of the molecule is CCOC(=O)CC(C)Nc1ccc(OC(C)C)c(OC)c1. The summed E-state index contributed by atoms with van der Waals surface area (Å²) in [6, 6.07) is 5.60. The van der Waals surface area contributed by atoms with Crippen molar-refractivity contribution in [2.24, 2.45) is 0 Å². The van der Waals surface area contributed by atoms with Crippen molar-refractivity contribution >= 4 is 11.7 Å². The Balaban J connectivity index is 2.69. The molecule has 0 amide bonds. The van der Waals surface area contributed by atoms with Crippen LogP contribution in [0, 0.1) is 0 Å². The van der Waals surface area contributed by atoms with E-state index in [1.807, 2.05) is 39.0 Å². The molecule has 1 aromatic carbocycles. The van der Waals surface area contributed by atoms with Gasteiger partial charge in [-0.2, -0.15) is 0 Å². The summed E-state index contributed by atoms with van der Waals surface area (Å²) >= 11 is 0. The molecule has 0 aliphatic rings. The summed E-state index contributed by atoms with van der Waals surface area (Å²) in [5, 5.41) is 3.25. The van der Waals surface area contributed by atoms with Gasteiger partial charge in [-0.1, -0.05) is 0 Å². The molecule has 1 rings (SSSR count). The lowest BCUT2D eigenvalue weighted by atomic mass is 10.2. The van der Waals surface area contributed by atoms with Gasteiger partial charge in [0.05, 0.1) is 26.2 Å². The van der Waals surface area contributed by atoms with Crippen molar-refractivity contribution in [2.75, 3.05) is 19.0 Å². The van der Waals surface area contributed by atoms with E-state index in [4.69, 9.17) is 14.2 Å². The van der Waals surface area contributed by atoms with Crippen LogP contribution in [0.25, 0.3) is 0 Å². The predicted octanol–water partition coefficient (Wildman–Crippen LogP) is 3.24. The van der Waals surface area contributed by atoms with Gasteiger partial charge < -0.3 is 19.5 Å². The van der Waals surface area contributed by atoms with Crippen LogP contribution >= 0.6 is 0 Å². The first-order valence-corrected chi connectivity index (χ1v) is 7.23. The average Bonchev–Trinajstić information content (AvgIpc) is 2.39. The Morgan fingerprint density at radius 3 is 2.52 bits per heavy atom. The summed E-state index contributed by atoms with van der Waals surface area (Å²) in [6.45, 7) is 8.07. The summed E-state index contributed by atoms with van der Waals surface area (Å²) in [7, 11) is 1.61. The first-order chi connectivity index (χ1) is 9.96. The molecule has 1 N–H and O–H groups in total. The number of esters is 1. The maximum absolute atomic E-state index is 11.4. The van der Waals surface area contributed by atoms with E-state index < -0.39 is 0 Å². The number of methoxy groups -OCH3 is 1. The minimum atomic E-state index is -0.204. The van der Waals surface area contributed by atoms with Crippen molar-refractivity contribution in [3.63, 3.8) is 0 Å². The first kappa shape index (κ1) is 17.1. The highest BCUT2D eigenvalue weighted by atomic mass is 16.5. The van der Waals surface area contributed by atoms with Crippen LogP contribution in [0.4, 0.5) is 5.69 Å². The Hall–Kier alpha value is -1.91. The van der Waals surface area contributed by atoms with E-state index in [9.17, 15) is 4.79 Å². The molecule has 0 heterocycles. The molecule has 0 bridgehead atoms. The Labute approximate surface area is 126 Å². The number of ether oxygens (including phenoxy) is 3. The molecule has 5 nitrogen and oxygen atoms in total. The molecule has 1 atom stereocenters.